The normalized spacial score (nSPS) is 18.9. The summed E-state index contributed by atoms with van der Waals surface area (Å²) in [5.41, 5.74) is 0. The Bertz CT molecular complexity index is 369. The number of hydrogen-bond donors (Lipinski definition) is 2. The van der Waals surface area contributed by atoms with Gasteiger partial charge in [0.15, 0.2) is 0 Å². The molecule has 0 spiro atoms. The fraction of sp³-hybridized carbons (Fsp3) is 0.400. The first-order chi connectivity index (χ1) is 7.25. The summed E-state index contributed by atoms with van der Waals surface area (Å²) in [4.78, 5) is 15.8. The summed E-state index contributed by atoms with van der Waals surface area (Å²) in [5.74, 6) is 0.584. The van der Waals surface area contributed by atoms with Crippen molar-refractivity contribution < 1.29 is 4.79 Å². The van der Waals surface area contributed by atoms with Crippen molar-refractivity contribution in [2.24, 2.45) is 0 Å². The molecule has 88 valence electrons. The van der Waals surface area contributed by atoms with Gasteiger partial charge in [0.1, 0.15) is 10.4 Å². The van der Waals surface area contributed by atoms with E-state index in [1.165, 1.54) is 0 Å². The molecule has 2 heterocycles. The van der Waals surface area contributed by atoms with Crippen LogP contribution in [0.15, 0.2) is 22.8 Å². The molecule has 1 unspecified atom stereocenters. The molecule has 16 heavy (non-hydrogen) atoms. The van der Waals surface area contributed by atoms with E-state index in [0.29, 0.717) is 5.82 Å². The van der Waals surface area contributed by atoms with Crippen molar-refractivity contribution in [3.05, 3.63) is 22.8 Å². The van der Waals surface area contributed by atoms with Crippen LogP contribution in [0.2, 0.25) is 0 Å². The highest BCUT2D eigenvalue weighted by atomic mass is 79.9. The first kappa shape index (κ1) is 13.4. The molecule has 0 bridgehead atoms. The van der Waals surface area contributed by atoms with Gasteiger partial charge in [-0.3, -0.25) is 4.79 Å². The second kappa shape index (κ2) is 6.18. The summed E-state index contributed by atoms with van der Waals surface area (Å²) in [7, 11) is 0. The molecule has 1 aromatic rings. The molecular weight excluding hydrogens is 293 g/mol. The van der Waals surface area contributed by atoms with Gasteiger partial charge < -0.3 is 10.6 Å². The van der Waals surface area contributed by atoms with E-state index < -0.39 is 0 Å². The molecule has 0 saturated carbocycles. The molecule has 1 atom stereocenters. The van der Waals surface area contributed by atoms with Crippen LogP contribution in [-0.4, -0.2) is 23.5 Å². The van der Waals surface area contributed by atoms with Crippen LogP contribution in [0, 0.1) is 0 Å². The Morgan fingerprint density at radius 3 is 3.00 bits per heavy atom. The van der Waals surface area contributed by atoms with Gasteiger partial charge in [-0.15, -0.1) is 12.4 Å². The molecule has 2 rings (SSSR count). The molecule has 1 aliphatic rings. The fourth-order valence-corrected chi connectivity index (χ4v) is 1.94. The number of halogens is 2. The van der Waals surface area contributed by atoms with E-state index in [-0.39, 0.29) is 24.4 Å². The first-order valence-electron chi connectivity index (χ1n) is 4.92. The average molecular weight is 307 g/mol. The summed E-state index contributed by atoms with van der Waals surface area (Å²) >= 11 is 3.26. The lowest BCUT2D eigenvalue weighted by atomic mass is 10.2. The van der Waals surface area contributed by atoms with Crippen LogP contribution in [0.3, 0.4) is 0 Å². The molecule has 1 saturated heterocycles. The highest BCUT2D eigenvalue weighted by Gasteiger charge is 2.21. The number of rotatable bonds is 2. The van der Waals surface area contributed by atoms with Crippen LogP contribution < -0.4 is 10.6 Å². The zero-order valence-electron chi connectivity index (χ0n) is 8.57. The molecule has 2 N–H and O–H groups in total. The van der Waals surface area contributed by atoms with E-state index in [0.717, 1.165) is 24.0 Å². The number of aromatic nitrogens is 1. The molecular formula is C10H13BrClN3O. The lowest BCUT2D eigenvalue weighted by Gasteiger charge is -2.10. The molecule has 6 heteroatoms. The van der Waals surface area contributed by atoms with Gasteiger partial charge in [0.2, 0.25) is 5.91 Å². The zero-order valence-corrected chi connectivity index (χ0v) is 11.0. The Balaban J connectivity index is 0.00000128. The van der Waals surface area contributed by atoms with Crippen molar-refractivity contribution >= 4 is 40.1 Å². The van der Waals surface area contributed by atoms with E-state index >= 15 is 0 Å². The summed E-state index contributed by atoms with van der Waals surface area (Å²) in [6.45, 7) is 0.921. The Kier molecular flexibility index (Phi) is 5.18. The minimum absolute atomic E-state index is 0. The summed E-state index contributed by atoms with van der Waals surface area (Å²) < 4.78 is 0.722. The van der Waals surface area contributed by atoms with Gasteiger partial charge in [-0.1, -0.05) is 6.07 Å². The number of nitrogens with zero attached hydrogens (tertiary/aromatic N) is 1. The maximum atomic E-state index is 11.7. The fourth-order valence-electron chi connectivity index (χ4n) is 1.60. The quantitative estimate of drug-likeness (QED) is 0.821. The Labute approximate surface area is 109 Å². The molecule has 1 aromatic heterocycles. The molecule has 0 aliphatic carbocycles. The van der Waals surface area contributed by atoms with Gasteiger partial charge in [-0.25, -0.2) is 4.98 Å². The SMILES string of the molecule is Cl.O=C(Nc1cccc(Br)n1)C1CCCN1. The highest BCUT2D eigenvalue weighted by molar-refractivity contribution is 9.10. The number of amides is 1. The van der Waals surface area contributed by atoms with Crippen molar-refractivity contribution in [2.45, 2.75) is 18.9 Å². The molecule has 0 aromatic carbocycles. The first-order valence-corrected chi connectivity index (χ1v) is 5.72. The van der Waals surface area contributed by atoms with E-state index in [1.807, 2.05) is 12.1 Å². The van der Waals surface area contributed by atoms with Crippen molar-refractivity contribution in [2.75, 3.05) is 11.9 Å². The van der Waals surface area contributed by atoms with Crippen LogP contribution in [0.5, 0.6) is 0 Å². The van der Waals surface area contributed by atoms with Crippen molar-refractivity contribution in [3.8, 4) is 0 Å². The molecule has 1 amide bonds. The second-order valence-electron chi connectivity index (χ2n) is 3.48. The van der Waals surface area contributed by atoms with Crippen molar-refractivity contribution in [1.82, 2.24) is 10.3 Å². The van der Waals surface area contributed by atoms with Crippen LogP contribution in [0.1, 0.15) is 12.8 Å². The van der Waals surface area contributed by atoms with Crippen molar-refractivity contribution in [3.63, 3.8) is 0 Å². The van der Waals surface area contributed by atoms with E-state index in [4.69, 9.17) is 0 Å². The third-order valence-corrected chi connectivity index (χ3v) is 2.78. The Morgan fingerprint density at radius 2 is 2.38 bits per heavy atom. The Hall–Kier alpha value is -0.650. The number of anilines is 1. The highest BCUT2D eigenvalue weighted by Crippen LogP contribution is 2.12. The predicted octanol–water partition coefficient (Wildman–Crippen LogP) is 1.96. The standard InChI is InChI=1S/C10H12BrN3O.ClH/c11-8-4-1-5-9(13-8)14-10(15)7-3-2-6-12-7;/h1,4-5,7,12H,2-3,6H2,(H,13,14,15);1H. The molecule has 1 fully saturated rings. The van der Waals surface area contributed by atoms with Crippen LogP contribution >= 0.6 is 28.3 Å². The van der Waals surface area contributed by atoms with Crippen LogP contribution in [0.25, 0.3) is 0 Å². The maximum Gasteiger partial charge on any atom is 0.242 e. The van der Waals surface area contributed by atoms with Gasteiger partial charge in [0, 0.05) is 0 Å². The summed E-state index contributed by atoms with van der Waals surface area (Å²) in [6, 6.07) is 5.38. The van der Waals surface area contributed by atoms with Gasteiger partial charge in [0.05, 0.1) is 6.04 Å². The molecule has 0 radical (unpaired) electrons. The molecule has 1 aliphatic heterocycles. The summed E-state index contributed by atoms with van der Waals surface area (Å²) in [6.07, 6.45) is 1.96. The Morgan fingerprint density at radius 1 is 1.56 bits per heavy atom. The largest absolute Gasteiger partial charge is 0.309 e. The van der Waals surface area contributed by atoms with E-state index in [2.05, 4.69) is 31.5 Å². The van der Waals surface area contributed by atoms with Gasteiger partial charge in [-0.05, 0) is 47.4 Å². The number of hydrogen-bond acceptors (Lipinski definition) is 3. The maximum absolute atomic E-state index is 11.7. The third kappa shape index (κ3) is 3.43. The minimum Gasteiger partial charge on any atom is -0.309 e. The van der Waals surface area contributed by atoms with Gasteiger partial charge in [-0.2, -0.15) is 0 Å². The lowest BCUT2D eigenvalue weighted by molar-refractivity contribution is -0.117. The topological polar surface area (TPSA) is 54.0 Å². The zero-order chi connectivity index (χ0) is 10.7. The number of nitrogens with one attached hydrogen (secondary N) is 2. The smallest absolute Gasteiger partial charge is 0.242 e. The van der Waals surface area contributed by atoms with Crippen LogP contribution in [0.4, 0.5) is 5.82 Å². The van der Waals surface area contributed by atoms with Crippen molar-refractivity contribution in [1.29, 1.82) is 0 Å². The number of carbonyl (C=O) groups is 1. The predicted molar refractivity (Wildman–Crippen MR) is 68.8 cm³/mol. The van der Waals surface area contributed by atoms with E-state index in [9.17, 15) is 4.79 Å². The lowest BCUT2D eigenvalue weighted by Crippen LogP contribution is -2.35. The number of pyridine rings is 1. The number of carbonyl (C=O) groups excluding carboxylic acids is 1. The molecule has 4 nitrogen and oxygen atoms in total. The second-order valence-corrected chi connectivity index (χ2v) is 4.30. The monoisotopic (exact) mass is 305 g/mol. The van der Waals surface area contributed by atoms with Gasteiger partial charge >= 0.3 is 0 Å². The minimum atomic E-state index is -0.0641. The third-order valence-electron chi connectivity index (χ3n) is 2.34. The average Bonchev–Trinajstić information content (AvgIpc) is 2.70. The van der Waals surface area contributed by atoms with Crippen LogP contribution in [-0.2, 0) is 4.79 Å². The summed E-state index contributed by atoms with van der Waals surface area (Å²) in [5, 5.41) is 5.92. The van der Waals surface area contributed by atoms with Gasteiger partial charge in [0.25, 0.3) is 0 Å². The van der Waals surface area contributed by atoms with E-state index in [1.54, 1.807) is 6.07 Å².